The van der Waals surface area contributed by atoms with Gasteiger partial charge in [0.25, 0.3) is 0 Å². The Bertz CT molecular complexity index is 586. The van der Waals surface area contributed by atoms with E-state index in [9.17, 15) is 0 Å². The Morgan fingerprint density at radius 2 is 1.95 bits per heavy atom. The molecule has 4 heteroatoms. The minimum atomic E-state index is 0.597. The lowest BCUT2D eigenvalue weighted by Crippen LogP contribution is -2.14. The fourth-order valence-corrected chi connectivity index (χ4v) is 2.56. The predicted octanol–water partition coefficient (Wildman–Crippen LogP) is 3.62. The average molecular weight is 291 g/mol. The van der Waals surface area contributed by atoms with Gasteiger partial charge >= 0.3 is 0 Å². The van der Waals surface area contributed by atoms with Crippen molar-refractivity contribution in [3.63, 3.8) is 0 Å². The molecule has 0 amide bonds. The van der Waals surface area contributed by atoms with Gasteiger partial charge in [-0.15, -0.1) is 0 Å². The van der Waals surface area contributed by atoms with E-state index in [4.69, 9.17) is 22.1 Å². The monoisotopic (exact) mass is 290 g/mol. The Morgan fingerprint density at radius 3 is 2.65 bits per heavy atom. The van der Waals surface area contributed by atoms with Crippen LogP contribution in [0.2, 0.25) is 5.02 Å². The van der Waals surface area contributed by atoms with E-state index in [2.05, 4.69) is 11.0 Å². The van der Waals surface area contributed by atoms with Crippen molar-refractivity contribution in [2.75, 3.05) is 25.6 Å². The van der Waals surface area contributed by atoms with E-state index in [1.54, 1.807) is 7.11 Å². The number of hydrogen-bond acceptors (Lipinski definition) is 3. The number of methoxy groups -OCH3 is 1. The average Bonchev–Trinajstić information content (AvgIpc) is 2.47. The summed E-state index contributed by atoms with van der Waals surface area (Å²) in [4.78, 5) is 2.07. The first-order chi connectivity index (χ1) is 9.67. The Kier molecular flexibility index (Phi) is 4.88. The molecule has 0 spiro atoms. The van der Waals surface area contributed by atoms with Gasteiger partial charge in [-0.3, -0.25) is 0 Å². The molecule has 0 aliphatic carbocycles. The molecule has 0 radical (unpaired) electrons. The van der Waals surface area contributed by atoms with Gasteiger partial charge < -0.3 is 15.4 Å². The molecule has 3 nitrogen and oxygen atoms in total. The zero-order valence-electron chi connectivity index (χ0n) is 11.8. The minimum absolute atomic E-state index is 0.597. The molecule has 2 N–H and O–H groups in total. The van der Waals surface area contributed by atoms with Crippen molar-refractivity contribution < 1.29 is 4.74 Å². The highest BCUT2D eigenvalue weighted by Crippen LogP contribution is 2.35. The molecule has 0 unspecified atom stereocenters. The van der Waals surface area contributed by atoms with Crippen molar-refractivity contribution in [1.29, 1.82) is 0 Å². The van der Waals surface area contributed by atoms with Crippen LogP contribution in [0.3, 0.4) is 0 Å². The highest BCUT2D eigenvalue weighted by molar-refractivity contribution is 6.33. The number of rotatable bonds is 5. The van der Waals surface area contributed by atoms with Gasteiger partial charge in [-0.1, -0.05) is 29.8 Å². The van der Waals surface area contributed by atoms with Crippen LogP contribution in [-0.4, -0.2) is 20.7 Å². The Hall–Kier alpha value is -1.71. The van der Waals surface area contributed by atoms with Gasteiger partial charge in [0, 0.05) is 18.8 Å². The van der Waals surface area contributed by atoms with Crippen molar-refractivity contribution in [2.45, 2.75) is 6.42 Å². The van der Waals surface area contributed by atoms with Crippen LogP contribution in [0, 0.1) is 0 Å². The second-order valence-electron chi connectivity index (χ2n) is 4.55. The summed E-state index contributed by atoms with van der Waals surface area (Å²) in [6.45, 7) is 0.597. The largest absolute Gasteiger partial charge is 0.497 e. The van der Waals surface area contributed by atoms with Crippen LogP contribution in [0.25, 0.3) is 0 Å². The number of ether oxygens (including phenoxy) is 1. The highest BCUT2D eigenvalue weighted by atomic mass is 35.5. The number of para-hydroxylation sites is 1. The maximum absolute atomic E-state index is 6.37. The first-order valence-electron chi connectivity index (χ1n) is 6.52. The zero-order chi connectivity index (χ0) is 14.5. The number of nitrogens with zero attached hydrogens (tertiary/aromatic N) is 1. The van der Waals surface area contributed by atoms with E-state index >= 15 is 0 Å². The summed E-state index contributed by atoms with van der Waals surface area (Å²) in [6, 6.07) is 13.8. The Morgan fingerprint density at radius 1 is 1.20 bits per heavy atom. The van der Waals surface area contributed by atoms with Crippen molar-refractivity contribution in [3.05, 3.63) is 53.1 Å². The quantitative estimate of drug-likeness (QED) is 0.914. The molecule has 2 aromatic rings. The molecule has 0 aromatic heterocycles. The molecule has 0 saturated heterocycles. The molecule has 0 fully saturated rings. The second kappa shape index (κ2) is 6.64. The summed E-state index contributed by atoms with van der Waals surface area (Å²) in [5.74, 6) is 0.821. The van der Waals surface area contributed by atoms with Crippen LogP contribution in [0.1, 0.15) is 5.56 Å². The molecular formula is C16H19ClN2O. The molecule has 0 saturated carbocycles. The van der Waals surface area contributed by atoms with E-state index < -0.39 is 0 Å². The van der Waals surface area contributed by atoms with Crippen molar-refractivity contribution in [1.82, 2.24) is 0 Å². The molecule has 0 aliphatic rings. The van der Waals surface area contributed by atoms with Crippen molar-refractivity contribution in [3.8, 4) is 5.75 Å². The van der Waals surface area contributed by atoms with Gasteiger partial charge in [0.1, 0.15) is 5.75 Å². The van der Waals surface area contributed by atoms with Crippen LogP contribution >= 0.6 is 11.6 Å². The fraction of sp³-hybridized carbons (Fsp3) is 0.250. The topological polar surface area (TPSA) is 38.5 Å². The van der Waals surface area contributed by atoms with E-state index in [1.807, 2.05) is 43.4 Å². The number of anilines is 2. The van der Waals surface area contributed by atoms with Crippen molar-refractivity contribution in [2.24, 2.45) is 5.73 Å². The number of halogens is 1. The van der Waals surface area contributed by atoms with E-state index in [-0.39, 0.29) is 0 Å². The third-order valence-corrected chi connectivity index (χ3v) is 3.57. The van der Waals surface area contributed by atoms with Crippen LogP contribution < -0.4 is 15.4 Å². The van der Waals surface area contributed by atoms with Crippen LogP contribution in [-0.2, 0) is 6.42 Å². The van der Waals surface area contributed by atoms with Gasteiger partial charge in [-0.2, -0.15) is 0 Å². The predicted molar refractivity (Wildman–Crippen MR) is 85.3 cm³/mol. The molecule has 0 heterocycles. The normalized spacial score (nSPS) is 10.4. The third kappa shape index (κ3) is 3.06. The standard InChI is InChI=1S/C16H19ClN2O/c1-19(13-6-4-7-14(11-13)20-2)16-12(9-10-18)5-3-8-15(16)17/h3-8,11H,9-10,18H2,1-2H3. The summed E-state index contributed by atoms with van der Waals surface area (Å²) in [5, 5.41) is 0.723. The molecule has 0 aliphatic heterocycles. The summed E-state index contributed by atoms with van der Waals surface area (Å²) in [7, 11) is 3.66. The molecule has 106 valence electrons. The van der Waals surface area contributed by atoms with E-state index in [0.717, 1.165) is 34.1 Å². The first kappa shape index (κ1) is 14.7. The SMILES string of the molecule is COc1cccc(N(C)c2c(Cl)cccc2CCN)c1. The summed E-state index contributed by atoms with van der Waals surface area (Å²) < 4.78 is 5.27. The molecule has 2 aromatic carbocycles. The lowest BCUT2D eigenvalue weighted by atomic mass is 10.1. The van der Waals surface area contributed by atoms with E-state index in [0.29, 0.717) is 6.54 Å². The second-order valence-corrected chi connectivity index (χ2v) is 4.95. The van der Waals surface area contributed by atoms with Gasteiger partial charge in [-0.05, 0) is 36.7 Å². The van der Waals surface area contributed by atoms with Crippen LogP contribution in [0.4, 0.5) is 11.4 Å². The van der Waals surface area contributed by atoms with E-state index in [1.165, 1.54) is 0 Å². The molecule has 0 atom stereocenters. The van der Waals surface area contributed by atoms with Crippen LogP contribution in [0.15, 0.2) is 42.5 Å². The van der Waals surface area contributed by atoms with Gasteiger partial charge in [-0.25, -0.2) is 0 Å². The molecule has 2 rings (SSSR count). The highest BCUT2D eigenvalue weighted by Gasteiger charge is 2.13. The smallest absolute Gasteiger partial charge is 0.120 e. The molecule has 0 bridgehead atoms. The van der Waals surface area contributed by atoms with Crippen LogP contribution in [0.5, 0.6) is 5.75 Å². The Labute approximate surface area is 124 Å². The lowest BCUT2D eigenvalue weighted by Gasteiger charge is -2.24. The number of benzene rings is 2. The zero-order valence-corrected chi connectivity index (χ0v) is 12.5. The van der Waals surface area contributed by atoms with Gasteiger partial charge in [0.05, 0.1) is 17.8 Å². The van der Waals surface area contributed by atoms with Gasteiger partial charge in [0.2, 0.25) is 0 Å². The first-order valence-corrected chi connectivity index (χ1v) is 6.90. The summed E-state index contributed by atoms with van der Waals surface area (Å²) in [5.41, 5.74) is 8.84. The summed E-state index contributed by atoms with van der Waals surface area (Å²) in [6.07, 6.45) is 0.796. The maximum atomic E-state index is 6.37. The van der Waals surface area contributed by atoms with Gasteiger partial charge in [0.15, 0.2) is 0 Å². The molecule has 20 heavy (non-hydrogen) atoms. The lowest BCUT2D eigenvalue weighted by molar-refractivity contribution is 0.415. The van der Waals surface area contributed by atoms with Crippen molar-refractivity contribution >= 4 is 23.0 Å². The number of hydrogen-bond donors (Lipinski definition) is 1. The molecular weight excluding hydrogens is 272 g/mol. The third-order valence-electron chi connectivity index (χ3n) is 3.26. The number of nitrogens with two attached hydrogens (primary N) is 1. The summed E-state index contributed by atoms with van der Waals surface area (Å²) >= 11 is 6.37. The fourth-order valence-electron chi connectivity index (χ4n) is 2.24. The Balaban J connectivity index is 2.44. The minimum Gasteiger partial charge on any atom is -0.497 e. The maximum Gasteiger partial charge on any atom is 0.120 e.